The summed E-state index contributed by atoms with van der Waals surface area (Å²) in [5.41, 5.74) is 5.03. The molecule has 102 valence electrons. The van der Waals surface area contributed by atoms with Crippen LogP contribution in [0.2, 0.25) is 5.02 Å². The lowest BCUT2D eigenvalue weighted by atomic mass is 9.96. The summed E-state index contributed by atoms with van der Waals surface area (Å²) in [6.45, 7) is 2.06. The van der Waals surface area contributed by atoms with E-state index in [9.17, 15) is 0 Å². The molecule has 1 aliphatic heterocycles. The SMILES string of the molecule is Clc1ccc2c(c1/C=C/c1cccnc1)CCNCC2. The van der Waals surface area contributed by atoms with Crippen LogP contribution in [-0.4, -0.2) is 18.1 Å². The first-order chi connectivity index (χ1) is 9.84. The number of benzene rings is 1. The lowest BCUT2D eigenvalue weighted by molar-refractivity contribution is 0.711. The van der Waals surface area contributed by atoms with Crippen molar-refractivity contribution in [3.63, 3.8) is 0 Å². The third-order valence-corrected chi connectivity index (χ3v) is 3.98. The summed E-state index contributed by atoms with van der Waals surface area (Å²) < 4.78 is 0. The predicted molar refractivity (Wildman–Crippen MR) is 84.9 cm³/mol. The minimum Gasteiger partial charge on any atom is -0.316 e. The number of hydrogen-bond donors (Lipinski definition) is 1. The fourth-order valence-electron chi connectivity index (χ4n) is 2.61. The second-order valence-corrected chi connectivity index (χ2v) is 5.38. The molecule has 0 saturated heterocycles. The number of aromatic nitrogens is 1. The molecule has 0 spiro atoms. The van der Waals surface area contributed by atoms with Crippen molar-refractivity contribution in [1.82, 2.24) is 10.3 Å². The van der Waals surface area contributed by atoms with Gasteiger partial charge in [-0.1, -0.05) is 35.9 Å². The smallest absolute Gasteiger partial charge is 0.0481 e. The highest BCUT2D eigenvalue weighted by Gasteiger charge is 2.12. The largest absolute Gasteiger partial charge is 0.316 e. The molecule has 1 aromatic heterocycles. The van der Waals surface area contributed by atoms with Gasteiger partial charge in [-0.05, 0) is 60.3 Å². The molecule has 0 radical (unpaired) electrons. The Hall–Kier alpha value is -1.64. The maximum atomic E-state index is 6.39. The van der Waals surface area contributed by atoms with Gasteiger partial charge in [0.2, 0.25) is 0 Å². The summed E-state index contributed by atoms with van der Waals surface area (Å²) in [4.78, 5) is 4.13. The molecule has 0 amide bonds. The molecular weight excluding hydrogens is 268 g/mol. The average Bonchev–Trinajstić information content (AvgIpc) is 2.73. The molecular formula is C17H17ClN2. The number of fused-ring (bicyclic) bond motifs is 1. The number of halogens is 1. The van der Waals surface area contributed by atoms with E-state index in [-0.39, 0.29) is 0 Å². The van der Waals surface area contributed by atoms with E-state index in [0.717, 1.165) is 42.1 Å². The summed E-state index contributed by atoms with van der Waals surface area (Å²) in [5, 5.41) is 4.26. The van der Waals surface area contributed by atoms with Gasteiger partial charge in [0.25, 0.3) is 0 Å². The first-order valence-electron chi connectivity index (χ1n) is 6.93. The number of nitrogens with zero attached hydrogens (tertiary/aromatic N) is 1. The van der Waals surface area contributed by atoms with Crippen LogP contribution in [0.3, 0.4) is 0 Å². The molecule has 0 aliphatic carbocycles. The van der Waals surface area contributed by atoms with Crippen LogP contribution < -0.4 is 5.32 Å². The van der Waals surface area contributed by atoms with Crippen LogP contribution in [0, 0.1) is 0 Å². The Bertz CT molecular complexity index is 620. The second-order valence-electron chi connectivity index (χ2n) is 4.97. The monoisotopic (exact) mass is 284 g/mol. The van der Waals surface area contributed by atoms with Crippen LogP contribution in [0.25, 0.3) is 12.2 Å². The van der Waals surface area contributed by atoms with Gasteiger partial charge in [-0.25, -0.2) is 0 Å². The molecule has 1 aromatic carbocycles. The van der Waals surface area contributed by atoms with Crippen LogP contribution in [-0.2, 0) is 12.8 Å². The van der Waals surface area contributed by atoms with Gasteiger partial charge in [0.1, 0.15) is 0 Å². The maximum Gasteiger partial charge on any atom is 0.0481 e. The summed E-state index contributed by atoms with van der Waals surface area (Å²) in [6, 6.07) is 8.15. The third kappa shape index (κ3) is 2.92. The molecule has 0 unspecified atom stereocenters. The van der Waals surface area contributed by atoms with Crippen molar-refractivity contribution in [3.05, 3.63) is 63.9 Å². The van der Waals surface area contributed by atoms with Crippen molar-refractivity contribution in [2.24, 2.45) is 0 Å². The van der Waals surface area contributed by atoms with Crippen molar-refractivity contribution in [1.29, 1.82) is 0 Å². The molecule has 2 heterocycles. The molecule has 0 saturated carbocycles. The number of nitrogens with one attached hydrogen (secondary N) is 1. The normalized spacial score (nSPS) is 15.1. The topological polar surface area (TPSA) is 24.9 Å². The standard InChI is InChI=1S/C17H17ClN2/c18-17-6-4-14-7-10-19-11-8-15(14)16(17)5-3-13-2-1-9-20-12-13/h1-6,9,12,19H,7-8,10-11H2/b5-3+. The van der Waals surface area contributed by atoms with Crippen LogP contribution >= 0.6 is 11.6 Å². The van der Waals surface area contributed by atoms with Crippen LogP contribution in [0.15, 0.2) is 36.7 Å². The van der Waals surface area contributed by atoms with Crippen LogP contribution in [0.1, 0.15) is 22.3 Å². The molecule has 2 aromatic rings. The summed E-state index contributed by atoms with van der Waals surface area (Å²) >= 11 is 6.39. The van der Waals surface area contributed by atoms with E-state index >= 15 is 0 Å². The Labute approximate surface area is 124 Å². The quantitative estimate of drug-likeness (QED) is 0.911. The van der Waals surface area contributed by atoms with Gasteiger partial charge >= 0.3 is 0 Å². The Morgan fingerprint density at radius 3 is 2.85 bits per heavy atom. The van der Waals surface area contributed by atoms with Gasteiger partial charge in [-0.15, -0.1) is 0 Å². The Morgan fingerprint density at radius 2 is 2.00 bits per heavy atom. The van der Waals surface area contributed by atoms with Crippen LogP contribution in [0.5, 0.6) is 0 Å². The van der Waals surface area contributed by atoms with Gasteiger partial charge in [0.05, 0.1) is 0 Å². The highest BCUT2D eigenvalue weighted by atomic mass is 35.5. The zero-order chi connectivity index (χ0) is 13.8. The number of pyridine rings is 1. The number of hydrogen-bond acceptors (Lipinski definition) is 2. The fraction of sp³-hybridized carbons (Fsp3) is 0.235. The van der Waals surface area contributed by atoms with Gasteiger partial charge in [-0.2, -0.15) is 0 Å². The zero-order valence-corrected chi connectivity index (χ0v) is 12.0. The lowest BCUT2D eigenvalue weighted by Gasteiger charge is -2.11. The Kier molecular flexibility index (Phi) is 4.14. The van der Waals surface area contributed by atoms with Crippen molar-refractivity contribution >= 4 is 23.8 Å². The zero-order valence-electron chi connectivity index (χ0n) is 11.3. The minimum atomic E-state index is 0.825. The van der Waals surface area contributed by atoms with E-state index in [2.05, 4.69) is 28.5 Å². The minimum absolute atomic E-state index is 0.825. The van der Waals surface area contributed by atoms with Crippen LogP contribution in [0.4, 0.5) is 0 Å². The first kappa shape index (κ1) is 13.3. The van der Waals surface area contributed by atoms with E-state index in [0.29, 0.717) is 0 Å². The van der Waals surface area contributed by atoms with Gasteiger partial charge in [0, 0.05) is 17.4 Å². The molecule has 3 rings (SSSR count). The molecule has 0 atom stereocenters. The van der Waals surface area contributed by atoms with Gasteiger partial charge in [-0.3, -0.25) is 4.98 Å². The predicted octanol–water partition coefficient (Wildman–Crippen LogP) is 3.59. The average molecular weight is 285 g/mol. The first-order valence-corrected chi connectivity index (χ1v) is 7.31. The highest BCUT2D eigenvalue weighted by Crippen LogP contribution is 2.27. The number of rotatable bonds is 2. The summed E-state index contributed by atoms with van der Waals surface area (Å²) in [7, 11) is 0. The fourth-order valence-corrected chi connectivity index (χ4v) is 2.85. The van der Waals surface area contributed by atoms with Gasteiger partial charge in [0.15, 0.2) is 0 Å². The van der Waals surface area contributed by atoms with E-state index < -0.39 is 0 Å². The van der Waals surface area contributed by atoms with Crippen molar-refractivity contribution in [2.45, 2.75) is 12.8 Å². The van der Waals surface area contributed by atoms with Crippen molar-refractivity contribution in [2.75, 3.05) is 13.1 Å². The molecule has 20 heavy (non-hydrogen) atoms. The Morgan fingerprint density at radius 1 is 1.10 bits per heavy atom. The molecule has 1 aliphatic rings. The van der Waals surface area contributed by atoms with E-state index in [4.69, 9.17) is 11.6 Å². The van der Waals surface area contributed by atoms with Crippen molar-refractivity contribution in [3.8, 4) is 0 Å². The molecule has 1 N–H and O–H groups in total. The summed E-state index contributed by atoms with van der Waals surface area (Å²) in [5.74, 6) is 0. The van der Waals surface area contributed by atoms with Gasteiger partial charge < -0.3 is 5.32 Å². The van der Waals surface area contributed by atoms with E-state index in [1.165, 1.54) is 11.1 Å². The lowest BCUT2D eigenvalue weighted by Crippen LogP contribution is -2.16. The third-order valence-electron chi connectivity index (χ3n) is 3.65. The van der Waals surface area contributed by atoms with Crippen molar-refractivity contribution < 1.29 is 0 Å². The molecule has 3 heteroatoms. The molecule has 0 fully saturated rings. The van der Waals surface area contributed by atoms with E-state index in [1.807, 2.05) is 24.4 Å². The summed E-state index contributed by atoms with van der Waals surface area (Å²) in [6.07, 6.45) is 9.93. The highest BCUT2D eigenvalue weighted by molar-refractivity contribution is 6.32. The molecule has 2 nitrogen and oxygen atoms in total. The Balaban J connectivity index is 1.98. The molecule has 0 bridgehead atoms. The maximum absolute atomic E-state index is 6.39. The van der Waals surface area contributed by atoms with E-state index in [1.54, 1.807) is 6.20 Å². The second kappa shape index (κ2) is 6.21.